The van der Waals surface area contributed by atoms with Gasteiger partial charge in [-0.1, -0.05) is 84.9 Å². The standard InChI is InChI=1S/C22H24N2O4S2/c25-29(26,17-19-8-3-1-4-9-19)23-15-21-12-7-13-22(14-21)16-24-30(27,28)18-20-10-5-2-6-11-20/h1-14,23-24H,15-18H2. The third-order valence-corrected chi connectivity index (χ3v) is 6.98. The van der Waals surface area contributed by atoms with Crippen LogP contribution >= 0.6 is 0 Å². The van der Waals surface area contributed by atoms with Crippen molar-refractivity contribution in [3.05, 3.63) is 107 Å². The molecular formula is C22H24N2O4S2. The Morgan fingerprint density at radius 1 is 0.500 bits per heavy atom. The van der Waals surface area contributed by atoms with Gasteiger partial charge >= 0.3 is 0 Å². The summed E-state index contributed by atoms with van der Waals surface area (Å²) in [6.45, 7) is 0.277. The van der Waals surface area contributed by atoms with E-state index < -0.39 is 20.0 Å². The number of hydrogen-bond acceptors (Lipinski definition) is 4. The summed E-state index contributed by atoms with van der Waals surface area (Å²) in [5.74, 6) is -0.181. The number of benzene rings is 3. The van der Waals surface area contributed by atoms with Gasteiger partial charge in [-0.3, -0.25) is 0 Å². The lowest BCUT2D eigenvalue weighted by Crippen LogP contribution is -2.25. The van der Waals surface area contributed by atoms with Crippen LogP contribution in [0, 0.1) is 0 Å². The Labute approximate surface area is 178 Å². The van der Waals surface area contributed by atoms with E-state index in [9.17, 15) is 16.8 Å². The Morgan fingerprint density at radius 2 is 0.867 bits per heavy atom. The molecule has 0 aliphatic carbocycles. The van der Waals surface area contributed by atoms with Gasteiger partial charge in [0, 0.05) is 13.1 Å². The van der Waals surface area contributed by atoms with Gasteiger partial charge in [-0.15, -0.1) is 0 Å². The zero-order chi connectivity index (χ0) is 21.5. The van der Waals surface area contributed by atoms with Crippen molar-refractivity contribution in [3.63, 3.8) is 0 Å². The second-order valence-electron chi connectivity index (χ2n) is 6.95. The van der Waals surface area contributed by atoms with E-state index in [1.807, 2.05) is 12.1 Å². The van der Waals surface area contributed by atoms with Crippen molar-refractivity contribution in [1.82, 2.24) is 9.44 Å². The highest BCUT2D eigenvalue weighted by Crippen LogP contribution is 2.10. The summed E-state index contributed by atoms with van der Waals surface area (Å²) < 4.78 is 54.3. The molecule has 0 heterocycles. The van der Waals surface area contributed by atoms with E-state index in [0.717, 1.165) is 11.1 Å². The minimum atomic E-state index is -3.48. The molecule has 158 valence electrons. The molecular weight excluding hydrogens is 420 g/mol. The predicted molar refractivity (Wildman–Crippen MR) is 118 cm³/mol. The molecule has 30 heavy (non-hydrogen) atoms. The number of sulfonamides is 2. The average molecular weight is 445 g/mol. The second kappa shape index (κ2) is 9.99. The molecule has 0 aliphatic heterocycles. The van der Waals surface area contributed by atoms with Crippen LogP contribution in [0.5, 0.6) is 0 Å². The topological polar surface area (TPSA) is 92.3 Å². The molecule has 3 aromatic carbocycles. The molecule has 3 aromatic rings. The quantitative estimate of drug-likeness (QED) is 0.503. The molecule has 8 heteroatoms. The molecule has 0 bridgehead atoms. The smallest absolute Gasteiger partial charge is 0.212 e. The molecule has 0 spiro atoms. The van der Waals surface area contributed by atoms with Gasteiger partial charge in [-0.25, -0.2) is 26.3 Å². The molecule has 0 aromatic heterocycles. The van der Waals surface area contributed by atoms with Crippen molar-refractivity contribution < 1.29 is 16.8 Å². The summed E-state index contributed by atoms with van der Waals surface area (Å²) in [7, 11) is -6.95. The predicted octanol–water partition coefficient (Wildman–Crippen LogP) is 2.93. The van der Waals surface area contributed by atoms with E-state index in [4.69, 9.17) is 0 Å². The fraction of sp³-hybridized carbons (Fsp3) is 0.182. The van der Waals surface area contributed by atoms with Crippen LogP contribution in [-0.4, -0.2) is 16.8 Å². The third-order valence-electron chi connectivity index (χ3n) is 4.38. The fourth-order valence-corrected chi connectivity index (χ4v) is 5.17. The first-order chi connectivity index (χ1) is 14.3. The highest BCUT2D eigenvalue weighted by Gasteiger charge is 2.13. The van der Waals surface area contributed by atoms with Crippen LogP contribution in [0.4, 0.5) is 0 Å². The average Bonchev–Trinajstić information content (AvgIpc) is 2.72. The van der Waals surface area contributed by atoms with Crippen molar-refractivity contribution in [2.24, 2.45) is 0 Å². The van der Waals surface area contributed by atoms with Crippen LogP contribution in [0.25, 0.3) is 0 Å². The Hall–Kier alpha value is -2.52. The van der Waals surface area contributed by atoms with Gasteiger partial charge in [0.1, 0.15) is 0 Å². The van der Waals surface area contributed by atoms with E-state index in [-0.39, 0.29) is 24.6 Å². The minimum Gasteiger partial charge on any atom is -0.212 e. The van der Waals surface area contributed by atoms with Gasteiger partial charge in [0.25, 0.3) is 0 Å². The van der Waals surface area contributed by atoms with Crippen LogP contribution < -0.4 is 9.44 Å². The molecule has 0 aliphatic rings. The van der Waals surface area contributed by atoms with Crippen molar-refractivity contribution in [2.45, 2.75) is 24.6 Å². The second-order valence-corrected chi connectivity index (χ2v) is 10.6. The SMILES string of the molecule is O=S(=O)(Cc1ccccc1)NCc1cccc(CNS(=O)(=O)Cc2ccccc2)c1. The molecule has 0 fully saturated rings. The zero-order valence-electron chi connectivity index (χ0n) is 16.4. The van der Waals surface area contributed by atoms with E-state index in [1.165, 1.54) is 0 Å². The first kappa shape index (κ1) is 22.2. The summed E-state index contributed by atoms with van der Waals surface area (Å²) in [5.41, 5.74) is 2.94. The maximum Gasteiger partial charge on any atom is 0.216 e. The van der Waals surface area contributed by atoms with Gasteiger partial charge in [-0.05, 0) is 22.3 Å². The lowest BCUT2D eigenvalue weighted by molar-refractivity contribution is 0.579. The first-order valence-corrected chi connectivity index (χ1v) is 12.7. The van der Waals surface area contributed by atoms with Gasteiger partial charge in [-0.2, -0.15) is 0 Å². The summed E-state index contributed by atoms with van der Waals surface area (Å²) in [4.78, 5) is 0. The lowest BCUT2D eigenvalue weighted by Gasteiger charge is -2.10. The molecule has 0 radical (unpaired) electrons. The molecule has 0 unspecified atom stereocenters. The Morgan fingerprint density at radius 3 is 1.27 bits per heavy atom. The lowest BCUT2D eigenvalue weighted by atomic mass is 10.1. The van der Waals surface area contributed by atoms with Crippen molar-refractivity contribution in [2.75, 3.05) is 0 Å². The summed E-state index contributed by atoms with van der Waals surface area (Å²) in [6.07, 6.45) is 0. The van der Waals surface area contributed by atoms with E-state index in [1.54, 1.807) is 72.8 Å². The van der Waals surface area contributed by atoms with E-state index >= 15 is 0 Å². The largest absolute Gasteiger partial charge is 0.216 e. The normalized spacial score (nSPS) is 12.0. The van der Waals surface area contributed by atoms with Gasteiger partial charge < -0.3 is 0 Å². The number of nitrogens with one attached hydrogen (secondary N) is 2. The highest BCUT2D eigenvalue weighted by molar-refractivity contribution is 7.88. The van der Waals surface area contributed by atoms with Gasteiger partial charge in [0.05, 0.1) is 11.5 Å². The zero-order valence-corrected chi connectivity index (χ0v) is 18.0. The third kappa shape index (κ3) is 7.38. The van der Waals surface area contributed by atoms with Crippen molar-refractivity contribution in [1.29, 1.82) is 0 Å². The summed E-state index contributed by atoms with van der Waals surface area (Å²) in [5, 5.41) is 0. The molecule has 0 atom stereocenters. The molecule has 6 nitrogen and oxygen atoms in total. The monoisotopic (exact) mass is 444 g/mol. The van der Waals surface area contributed by atoms with Crippen LogP contribution in [0.2, 0.25) is 0 Å². The maximum absolute atomic E-state index is 12.3. The molecule has 0 saturated carbocycles. The Kier molecular flexibility index (Phi) is 7.38. The number of rotatable bonds is 10. The summed E-state index contributed by atoms with van der Waals surface area (Å²) in [6, 6.07) is 25.1. The highest BCUT2D eigenvalue weighted by atomic mass is 32.2. The molecule has 3 rings (SSSR count). The fourth-order valence-electron chi connectivity index (χ4n) is 2.93. The van der Waals surface area contributed by atoms with Gasteiger partial charge in [0.15, 0.2) is 0 Å². The first-order valence-electron chi connectivity index (χ1n) is 9.42. The number of hydrogen-bond donors (Lipinski definition) is 2. The van der Waals surface area contributed by atoms with Crippen LogP contribution in [0.1, 0.15) is 22.3 Å². The molecule has 0 saturated heterocycles. The van der Waals surface area contributed by atoms with Crippen LogP contribution in [0.15, 0.2) is 84.9 Å². The Bertz CT molecular complexity index is 1070. The molecule has 0 amide bonds. The van der Waals surface area contributed by atoms with E-state index in [0.29, 0.717) is 11.1 Å². The van der Waals surface area contributed by atoms with Crippen molar-refractivity contribution >= 4 is 20.0 Å². The Balaban J connectivity index is 1.55. The minimum absolute atomic E-state index is 0.0905. The summed E-state index contributed by atoms with van der Waals surface area (Å²) >= 11 is 0. The van der Waals surface area contributed by atoms with E-state index in [2.05, 4.69) is 9.44 Å². The molecule has 2 N–H and O–H groups in total. The van der Waals surface area contributed by atoms with Crippen LogP contribution in [0.3, 0.4) is 0 Å². The van der Waals surface area contributed by atoms with Crippen molar-refractivity contribution in [3.8, 4) is 0 Å². The maximum atomic E-state index is 12.3. The van der Waals surface area contributed by atoms with Gasteiger partial charge in [0.2, 0.25) is 20.0 Å². The van der Waals surface area contributed by atoms with Crippen LogP contribution in [-0.2, 0) is 44.6 Å².